The number of piperazine rings is 1. The fourth-order valence-corrected chi connectivity index (χ4v) is 2.31. The summed E-state index contributed by atoms with van der Waals surface area (Å²) in [5.74, 6) is 0. The molecular weight excluding hydrogens is 202 g/mol. The van der Waals surface area contributed by atoms with Crippen molar-refractivity contribution in [1.29, 1.82) is 5.26 Å². The first-order chi connectivity index (χ1) is 7.81. The molecule has 0 saturated carbocycles. The molecule has 4 N–H and O–H groups in total. The van der Waals surface area contributed by atoms with Gasteiger partial charge in [-0.15, -0.1) is 0 Å². The summed E-state index contributed by atoms with van der Waals surface area (Å²) in [7, 11) is 0. The molecule has 1 aliphatic rings. The zero-order valence-corrected chi connectivity index (χ0v) is 9.94. The van der Waals surface area contributed by atoms with Gasteiger partial charge in [-0.2, -0.15) is 5.26 Å². The Morgan fingerprint density at radius 2 is 1.94 bits per heavy atom. The van der Waals surface area contributed by atoms with E-state index < -0.39 is 0 Å². The summed E-state index contributed by atoms with van der Waals surface area (Å²) in [5.41, 5.74) is 11.2. The maximum absolute atomic E-state index is 8.66. The van der Waals surface area contributed by atoms with E-state index in [1.165, 1.54) is 0 Å². The van der Waals surface area contributed by atoms with Gasteiger partial charge in [-0.3, -0.25) is 9.80 Å². The van der Waals surface area contributed by atoms with Gasteiger partial charge in [0.15, 0.2) is 0 Å². The predicted molar refractivity (Wildman–Crippen MR) is 64.8 cm³/mol. The molecule has 0 spiro atoms. The molecule has 0 amide bonds. The van der Waals surface area contributed by atoms with Crippen LogP contribution in [0, 0.1) is 11.3 Å². The van der Waals surface area contributed by atoms with E-state index in [0.717, 1.165) is 39.1 Å². The van der Waals surface area contributed by atoms with Gasteiger partial charge in [0.05, 0.1) is 6.07 Å². The largest absolute Gasteiger partial charge is 0.329 e. The van der Waals surface area contributed by atoms with Crippen molar-refractivity contribution in [2.75, 3.05) is 45.8 Å². The van der Waals surface area contributed by atoms with Crippen LogP contribution in [0.15, 0.2) is 0 Å². The Kier molecular flexibility index (Phi) is 6.34. The highest BCUT2D eigenvalue weighted by Gasteiger charge is 2.25. The molecule has 1 atom stereocenters. The molecule has 1 saturated heterocycles. The van der Waals surface area contributed by atoms with Gasteiger partial charge >= 0.3 is 0 Å². The van der Waals surface area contributed by atoms with E-state index in [-0.39, 0.29) is 0 Å². The van der Waals surface area contributed by atoms with Crippen molar-refractivity contribution in [3.63, 3.8) is 0 Å². The topological polar surface area (TPSA) is 82.3 Å². The normalized spacial score (nSPS) is 23.2. The Hall–Kier alpha value is -0.670. The molecule has 92 valence electrons. The van der Waals surface area contributed by atoms with Crippen LogP contribution in [0.2, 0.25) is 0 Å². The van der Waals surface area contributed by atoms with E-state index >= 15 is 0 Å². The molecule has 1 aliphatic heterocycles. The molecule has 0 aromatic rings. The highest BCUT2D eigenvalue weighted by molar-refractivity contribution is 4.85. The smallest absolute Gasteiger partial charge is 0.0622 e. The third kappa shape index (κ3) is 4.06. The molecule has 0 aromatic heterocycles. The van der Waals surface area contributed by atoms with E-state index in [2.05, 4.69) is 15.9 Å². The second-order valence-electron chi connectivity index (χ2n) is 4.26. The standard InChI is InChI=1S/C11H23N5/c12-3-1-2-11-10-15(6-4-13)8-9-16(11)7-5-14/h11H,1-2,4-10,13-14H2. The summed E-state index contributed by atoms with van der Waals surface area (Å²) in [5, 5.41) is 8.66. The van der Waals surface area contributed by atoms with Gasteiger partial charge in [-0.25, -0.2) is 0 Å². The summed E-state index contributed by atoms with van der Waals surface area (Å²) in [6.45, 7) is 6.44. The van der Waals surface area contributed by atoms with Crippen LogP contribution in [0.4, 0.5) is 0 Å². The van der Waals surface area contributed by atoms with Crippen LogP contribution >= 0.6 is 0 Å². The lowest BCUT2D eigenvalue weighted by molar-refractivity contribution is 0.0746. The third-order valence-corrected chi connectivity index (χ3v) is 3.14. The lowest BCUT2D eigenvalue weighted by atomic mass is 10.1. The van der Waals surface area contributed by atoms with Crippen LogP contribution in [0.25, 0.3) is 0 Å². The highest BCUT2D eigenvalue weighted by Crippen LogP contribution is 2.13. The minimum Gasteiger partial charge on any atom is -0.329 e. The molecule has 0 bridgehead atoms. The van der Waals surface area contributed by atoms with Crippen LogP contribution in [0.3, 0.4) is 0 Å². The second kappa shape index (κ2) is 7.58. The minimum atomic E-state index is 0.475. The van der Waals surface area contributed by atoms with E-state index in [9.17, 15) is 0 Å². The van der Waals surface area contributed by atoms with Gasteiger partial charge in [-0.1, -0.05) is 0 Å². The molecule has 16 heavy (non-hydrogen) atoms. The molecule has 5 heteroatoms. The Morgan fingerprint density at radius 3 is 2.56 bits per heavy atom. The Bertz CT molecular complexity index is 225. The molecule has 1 heterocycles. The molecule has 0 aliphatic carbocycles. The molecule has 1 unspecified atom stereocenters. The van der Waals surface area contributed by atoms with Crippen LogP contribution in [0.1, 0.15) is 12.8 Å². The fraction of sp³-hybridized carbons (Fsp3) is 0.909. The summed E-state index contributed by atoms with van der Waals surface area (Å²) in [4.78, 5) is 4.79. The van der Waals surface area contributed by atoms with Crippen molar-refractivity contribution in [1.82, 2.24) is 9.80 Å². The first-order valence-electron chi connectivity index (χ1n) is 6.05. The number of hydrogen-bond acceptors (Lipinski definition) is 5. The van der Waals surface area contributed by atoms with E-state index in [4.69, 9.17) is 16.7 Å². The maximum atomic E-state index is 8.66. The number of nitriles is 1. The number of rotatable bonds is 6. The molecule has 0 aromatic carbocycles. The Balaban J connectivity index is 2.44. The van der Waals surface area contributed by atoms with E-state index in [0.29, 0.717) is 25.6 Å². The maximum Gasteiger partial charge on any atom is 0.0622 e. The van der Waals surface area contributed by atoms with Gasteiger partial charge in [0, 0.05) is 58.3 Å². The van der Waals surface area contributed by atoms with Gasteiger partial charge < -0.3 is 11.5 Å². The average Bonchev–Trinajstić information content (AvgIpc) is 2.30. The minimum absolute atomic E-state index is 0.475. The second-order valence-corrected chi connectivity index (χ2v) is 4.26. The lowest BCUT2D eigenvalue weighted by Gasteiger charge is -2.41. The van der Waals surface area contributed by atoms with Gasteiger partial charge in [-0.05, 0) is 6.42 Å². The zero-order valence-electron chi connectivity index (χ0n) is 9.94. The van der Waals surface area contributed by atoms with Crippen LogP contribution in [-0.2, 0) is 0 Å². The van der Waals surface area contributed by atoms with E-state index in [1.807, 2.05) is 0 Å². The first-order valence-corrected chi connectivity index (χ1v) is 6.05. The first kappa shape index (κ1) is 13.4. The van der Waals surface area contributed by atoms with Gasteiger partial charge in [0.25, 0.3) is 0 Å². The van der Waals surface area contributed by atoms with Crippen molar-refractivity contribution >= 4 is 0 Å². The number of nitrogens with zero attached hydrogens (tertiary/aromatic N) is 3. The highest BCUT2D eigenvalue weighted by atomic mass is 15.3. The van der Waals surface area contributed by atoms with Crippen molar-refractivity contribution < 1.29 is 0 Å². The number of nitrogens with two attached hydrogens (primary N) is 2. The Labute approximate surface area is 98.0 Å². The molecule has 1 fully saturated rings. The van der Waals surface area contributed by atoms with Crippen molar-refractivity contribution in [3.05, 3.63) is 0 Å². The quantitative estimate of drug-likeness (QED) is 0.618. The van der Waals surface area contributed by atoms with E-state index in [1.54, 1.807) is 0 Å². The number of hydrogen-bond donors (Lipinski definition) is 2. The van der Waals surface area contributed by atoms with Gasteiger partial charge in [0.1, 0.15) is 0 Å². The molecule has 5 nitrogen and oxygen atoms in total. The predicted octanol–water partition coefficient (Wildman–Crippen LogP) is -0.806. The lowest BCUT2D eigenvalue weighted by Crippen LogP contribution is -2.54. The van der Waals surface area contributed by atoms with Crippen molar-refractivity contribution in [2.24, 2.45) is 11.5 Å². The van der Waals surface area contributed by atoms with Crippen molar-refractivity contribution in [3.8, 4) is 6.07 Å². The third-order valence-electron chi connectivity index (χ3n) is 3.14. The summed E-state index contributed by atoms with van der Waals surface area (Å²) in [6.07, 6.45) is 1.57. The molecular formula is C11H23N5. The SMILES string of the molecule is N#CCCC1CN(CCN)CCN1CCN. The molecule has 0 radical (unpaired) electrons. The van der Waals surface area contributed by atoms with Crippen LogP contribution in [-0.4, -0.2) is 61.7 Å². The fourth-order valence-electron chi connectivity index (χ4n) is 2.31. The zero-order chi connectivity index (χ0) is 11.8. The van der Waals surface area contributed by atoms with Crippen LogP contribution < -0.4 is 11.5 Å². The average molecular weight is 225 g/mol. The summed E-state index contributed by atoms with van der Waals surface area (Å²) >= 11 is 0. The van der Waals surface area contributed by atoms with Crippen molar-refractivity contribution in [2.45, 2.75) is 18.9 Å². The summed E-state index contributed by atoms with van der Waals surface area (Å²) in [6, 6.07) is 2.70. The van der Waals surface area contributed by atoms with Gasteiger partial charge in [0.2, 0.25) is 0 Å². The Morgan fingerprint density at radius 1 is 1.19 bits per heavy atom. The monoisotopic (exact) mass is 225 g/mol. The van der Waals surface area contributed by atoms with Crippen LogP contribution in [0.5, 0.6) is 0 Å². The molecule has 1 rings (SSSR count). The summed E-state index contributed by atoms with van der Waals surface area (Å²) < 4.78 is 0.